The molecular weight excluding hydrogens is 343 g/mol. The van der Waals surface area contributed by atoms with Gasteiger partial charge in [-0.3, -0.25) is 10.1 Å². The van der Waals surface area contributed by atoms with E-state index >= 15 is 0 Å². The van der Waals surface area contributed by atoms with Crippen LogP contribution in [0, 0.1) is 5.82 Å². The molecule has 0 saturated carbocycles. The summed E-state index contributed by atoms with van der Waals surface area (Å²) >= 11 is 5.95. The molecular formula is C19H22ClFN2O2. The van der Waals surface area contributed by atoms with Crippen molar-refractivity contribution in [3.63, 3.8) is 0 Å². The number of hydrogen-bond donors (Lipinski definition) is 2. The van der Waals surface area contributed by atoms with E-state index in [0.717, 1.165) is 17.7 Å². The highest BCUT2D eigenvalue weighted by Gasteiger charge is 2.19. The van der Waals surface area contributed by atoms with Crippen LogP contribution in [0.2, 0.25) is 5.02 Å². The summed E-state index contributed by atoms with van der Waals surface area (Å²) < 4.78 is 18.2. The molecule has 0 spiro atoms. The van der Waals surface area contributed by atoms with Gasteiger partial charge in [0.05, 0.1) is 23.9 Å². The third kappa shape index (κ3) is 5.18. The van der Waals surface area contributed by atoms with Crippen LogP contribution in [0.15, 0.2) is 42.5 Å². The number of carbonyl (C=O) groups is 1. The van der Waals surface area contributed by atoms with Crippen LogP contribution in [0.1, 0.15) is 31.9 Å². The third-order valence-corrected chi connectivity index (χ3v) is 4.27. The molecule has 1 amide bonds. The maximum absolute atomic E-state index is 13.1. The topological polar surface area (TPSA) is 50.4 Å². The van der Waals surface area contributed by atoms with E-state index in [1.54, 1.807) is 14.0 Å². The van der Waals surface area contributed by atoms with E-state index in [1.807, 2.05) is 31.2 Å². The molecule has 0 fully saturated rings. The van der Waals surface area contributed by atoms with Gasteiger partial charge in [0.25, 0.3) is 0 Å². The zero-order valence-electron chi connectivity index (χ0n) is 14.5. The first-order valence-corrected chi connectivity index (χ1v) is 8.48. The van der Waals surface area contributed by atoms with Crippen molar-refractivity contribution in [2.45, 2.75) is 32.4 Å². The largest absolute Gasteiger partial charge is 0.497 e. The first kappa shape index (κ1) is 19.2. The molecule has 2 aromatic carbocycles. The van der Waals surface area contributed by atoms with Crippen molar-refractivity contribution in [2.75, 3.05) is 12.4 Å². The first-order chi connectivity index (χ1) is 11.9. The molecule has 0 radical (unpaired) electrons. The number of hydrogen-bond acceptors (Lipinski definition) is 3. The van der Waals surface area contributed by atoms with Crippen molar-refractivity contribution < 1.29 is 13.9 Å². The molecule has 0 aliphatic heterocycles. The van der Waals surface area contributed by atoms with Crippen molar-refractivity contribution >= 4 is 23.2 Å². The number of nitrogens with one attached hydrogen (secondary N) is 2. The highest BCUT2D eigenvalue weighted by atomic mass is 35.5. The summed E-state index contributed by atoms with van der Waals surface area (Å²) in [4.78, 5) is 12.4. The lowest BCUT2D eigenvalue weighted by atomic mass is 10.0. The van der Waals surface area contributed by atoms with Crippen LogP contribution >= 0.6 is 11.6 Å². The van der Waals surface area contributed by atoms with Gasteiger partial charge in [0.15, 0.2) is 0 Å². The Morgan fingerprint density at radius 2 is 1.92 bits per heavy atom. The Morgan fingerprint density at radius 3 is 2.48 bits per heavy atom. The molecule has 2 atom stereocenters. The molecule has 4 nitrogen and oxygen atoms in total. The maximum Gasteiger partial charge on any atom is 0.241 e. The fourth-order valence-corrected chi connectivity index (χ4v) is 2.71. The summed E-state index contributed by atoms with van der Waals surface area (Å²) in [5.74, 6) is 0.107. The minimum atomic E-state index is -0.451. The molecule has 2 N–H and O–H groups in total. The number of methoxy groups -OCH3 is 1. The molecule has 0 heterocycles. The summed E-state index contributed by atoms with van der Waals surface area (Å²) in [6.07, 6.45) is 0.821. The SMILES string of the molecule is CC[C@H](N[C@H](C)C(=O)Nc1ccc(F)cc1Cl)c1ccc(OC)cc1. The number of carbonyl (C=O) groups excluding carboxylic acids is 1. The Balaban J connectivity index is 2.02. The normalized spacial score (nSPS) is 13.2. The molecule has 0 saturated heterocycles. The Kier molecular flexibility index (Phi) is 6.79. The van der Waals surface area contributed by atoms with E-state index in [1.165, 1.54) is 18.2 Å². The highest BCUT2D eigenvalue weighted by Crippen LogP contribution is 2.23. The van der Waals surface area contributed by atoms with Gasteiger partial charge in [-0.1, -0.05) is 30.7 Å². The molecule has 6 heteroatoms. The van der Waals surface area contributed by atoms with Crippen LogP contribution in [0.3, 0.4) is 0 Å². The summed E-state index contributed by atoms with van der Waals surface area (Å²) in [7, 11) is 1.62. The van der Waals surface area contributed by atoms with E-state index in [-0.39, 0.29) is 17.0 Å². The van der Waals surface area contributed by atoms with E-state index in [0.29, 0.717) is 5.69 Å². The van der Waals surface area contributed by atoms with Crippen molar-refractivity contribution in [3.8, 4) is 5.75 Å². The van der Waals surface area contributed by atoms with E-state index in [2.05, 4.69) is 10.6 Å². The third-order valence-electron chi connectivity index (χ3n) is 3.96. The lowest BCUT2D eigenvalue weighted by Gasteiger charge is -2.22. The van der Waals surface area contributed by atoms with Gasteiger partial charge in [0, 0.05) is 6.04 Å². The zero-order chi connectivity index (χ0) is 18.4. The van der Waals surface area contributed by atoms with E-state index in [4.69, 9.17) is 16.3 Å². The first-order valence-electron chi connectivity index (χ1n) is 8.10. The number of rotatable bonds is 7. The Bertz CT molecular complexity index is 722. The monoisotopic (exact) mass is 364 g/mol. The van der Waals surface area contributed by atoms with Crippen LogP contribution in [-0.2, 0) is 4.79 Å². The van der Waals surface area contributed by atoms with Crippen LogP contribution in [0.4, 0.5) is 10.1 Å². The molecule has 25 heavy (non-hydrogen) atoms. The number of ether oxygens (including phenoxy) is 1. The van der Waals surface area contributed by atoms with Crippen molar-refractivity contribution in [3.05, 3.63) is 58.9 Å². The number of halogens is 2. The van der Waals surface area contributed by atoms with Crippen LogP contribution in [-0.4, -0.2) is 19.1 Å². The Morgan fingerprint density at radius 1 is 1.24 bits per heavy atom. The minimum absolute atomic E-state index is 0.0235. The smallest absolute Gasteiger partial charge is 0.241 e. The second-order valence-corrected chi connectivity index (χ2v) is 6.14. The number of anilines is 1. The predicted octanol–water partition coefficient (Wildman–Crippen LogP) is 4.56. The Labute approximate surface area is 152 Å². The molecule has 0 aromatic heterocycles. The maximum atomic E-state index is 13.1. The van der Waals surface area contributed by atoms with Gasteiger partial charge in [0.2, 0.25) is 5.91 Å². The van der Waals surface area contributed by atoms with E-state index in [9.17, 15) is 9.18 Å². The van der Waals surface area contributed by atoms with Crippen LogP contribution < -0.4 is 15.4 Å². The van der Waals surface area contributed by atoms with Gasteiger partial charge >= 0.3 is 0 Å². The Hall–Kier alpha value is -2.11. The average molecular weight is 365 g/mol. The van der Waals surface area contributed by atoms with Gasteiger partial charge in [0.1, 0.15) is 11.6 Å². The zero-order valence-corrected chi connectivity index (χ0v) is 15.2. The number of benzene rings is 2. The fraction of sp³-hybridized carbons (Fsp3) is 0.316. The van der Waals surface area contributed by atoms with E-state index < -0.39 is 11.9 Å². The summed E-state index contributed by atoms with van der Waals surface area (Å²) in [5, 5.41) is 6.19. The van der Waals surface area contributed by atoms with Crippen molar-refractivity contribution in [1.29, 1.82) is 0 Å². The number of amides is 1. The lowest BCUT2D eigenvalue weighted by Crippen LogP contribution is -2.40. The predicted molar refractivity (Wildman–Crippen MR) is 98.7 cm³/mol. The van der Waals surface area contributed by atoms with Gasteiger partial charge in [-0.15, -0.1) is 0 Å². The molecule has 2 aromatic rings. The second-order valence-electron chi connectivity index (χ2n) is 5.74. The second kappa shape index (κ2) is 8.83. The highest BCUT2D eigenvalue weighted by molar-refractivity contribution is 6.33. The van der Waals surface area contributed by atoms with Crippen molar-refractivity contribution in [2.24, 2.45) is 0 Å². The average Bonchev–Trinajstić information content (AvgIpc) is 2.61. The molecule has 0 unspecified atom stereocenters. The van der Waals surface area contributed by atoms with Gasteiger partial charge in [-0.2, -0.15) is 0 Å². The molecule has 0 aliphatic rings. The lowest BCUT2D eigenvalue weighted by molar-refractivity contribution is -0.118. The molecule has 0 aliphatic carbocycles. The van der Waals surface area contributed by atoms with Crippen LogP contribution in [0.5, 0.6) is 5.75 Å². The minimum Gasteiger partial charge on any atom is -0.497 e. The quantitative estimate of drug-likeness (QED) is 0.757. The van der Waals surface area contributed by atoms with Crippen LogP contribution in [0.25, 0.3) is 0 Å². The molecule has 2 rings (SSSR count). The van der Waals surface area contributed by atoms with Gasteiger partial charge in [-0.25, -0.2) is 4.39 Å². The fourth-order valence-electron chi connectivity index (χ4n) is 2.50. The standard InChI is InChI=1S/C19H22ClFN2O2/c1-4-17(13-5-8-15(25-3)9-6-13)22-12(2)19(24)23-18-10-7-14(21)11-16(18)20/h5-12,17,22H,4H2,1-3H3,(H,23,24)/t12-,17+/m1/s1. The molecule has 134 valence electrons. The van der Waals surface area contributed by atoms with Gasteiger partial charge < -0.3 is 10.1 Å². The summed E-state index contributed by atoms with van der Waals surface area (Å²) in [6.45, 7) is 3.82. The molecule has 0 bridgehead atoms. The van der Waals surface area contributed by atoms with Gasteiger partial charge in [-0.05, 0) is 49.2 Å². The summed E-state index contributed by atoms with van der Waals surface area (Å²) in [5.41, 5.74) is 1.46. The van der Waals surface area contributed by atoms with Crippen molar-refractivity contribution in [1.82, 2.24) is 5.32 Å². The summed E-state index contributed by atoms with van der Waals surface area (Å²) in [6, 6.07) is 11.2.